The van der Waals surface area contributed by atoms with Crippen LogP contribution in [0.15, 0.2) is 24.3 Å². The number of amides is 1. The van der Waals surface area contributed by atoms with Crippen LogP contribution in [-0.2, 0) is 11.2 Å². The SMILES string of the molecule is CC1Cc2ccccc2N(C(=O)C(C)(C)CCl)C1. The van der Waals surface area contributed by atoms with Crippen LogP contribution in [0.4, 0.5) is 5.69 Å². The summed E-state index contributed by atoms with van der Waals surface area (Å²) in [7, 11) is 0. The van der Waals surface area contributed by atoms with E-state index in [1.165, 1.54) is 5.56 Å². The first-order chi connectivity index (χ1) is 8.45. The zero-order valence-electron chi connectivity index (χ0n) is 11.2. The molecule has 1 atom stereocenters. The van der Waals surface area contributed by atoms with E-state index in [2.05, 4.69) is 13.0 Å². The highest BCUT2D eigenvalue weighted by Gasteiger charge is 2.35. The molecule has 0 saturated heterocycles. The molecule has 0 saturated carbocycles. The second-order valence-electron chi connectivity index (χ2n) is 5.87. The van der Waals surface area contributed by atoms with Crippen molar-refractivity contribution in [1.82, 2.24) is 0 Å². The maximum absolute atomic E-state index is 12.6. The second-order valence-corrected chi connectivity index (χ2v) is 6.14. The molecule has 1 amide bonds. The monoisotopic (exact) mass is 265 g/mol. The minimum Gasteiger partial charge on any atom is -0.311 e. The Balaban J connectivity index is 2.37. The second kappa shape index (κ2) is 4.93. The molecule has 0 spiro atoms. The van der Waals surface area contributed by atoms with E-state index in [1.54, 1.807) is 0 Å². The molecular formula is C15H20ClNO. The number of nitrogens with zero attached hydrogens (tertiary/aromatic N) is 1. The highest BCUT2D eigenvalue weighted by molar-refractivity contribution is 6.20. The van der Waals surface area contributed by atoms with Crippen LogP contribution < -0.4 is 4.90 Å². The number of anilines is 1. The van der Waals surface area contributed by atoms with Gasteiger partial charge in [0.1, 0.15) is 0 Å². The zero-order valence-corrected chi connectivity index (χ0v) is 12.0. The van der Waals surface area contributed by atoms with E-state index in [9.17, 15) is 4.79 Å². The fourth-order valence-corrected chi connectivity index (χ4v) is 2.53. The molecule has 0 radical (unpaired) electrons. The van der Waals surface area contributed by atoms with Gasteiger partial charge >= 0.3 is 0 Å². The number of benzene rings is 1. The third-order valence-electron chi connectivity index (χ3n) is 3.50. The first kappa shape index (κ1) is 13.4. The number of hydrogen-bond acceptors (Lipinski definition) is 1. The molecule has 1 heterocycles. The van der Waals surface area contributed by atoms with E-state index < -0.39 is 5.41 Å². The van der Waals surface area contributed by atoms with E-state index in [1.807, 2.05) is 36.9 Å². The van der Waals surface area contributed by atoms with Gasteiger partial charge < -0.3 is 4.90 Å². The molecule has 2 nitrogen and oxygen atoms in total. The summed E-state index contributed by atoms with van der Waals surface area (Å²) in [4.78, 5) is 14.5. The molecule has 2 rings (SSSR count). The Morgan fingerprint density at radius 1 is 1.44 bits per heavy atom. The van der Waals surface area contributed by atoms with Crippen LogP contribution in [0.5, 0.6) is 0 Å². The van der Waals surface area contributed by atoms with Crippen molar-refractivity contribution in [3.05, 3.63) is 29.8 Å². The van der Waals surface area contributed by atoms with Crippen molar-refractivity contribution in [2.45, 2.75) is 27.2 Å². The smallest absolute Gasteiger partial charge is 0.233 e. The first-order valence-electron chi connectivity index (χ1n) is 6.41. The van der Waals surface area contributed by atoms with E-state index >= 15 is 0 Å². The predicted octanol–water partition coefficient (Wildman–Crippen LogP) is 3.48. The summed E-state index contributed by atoms with van der Waals surface area (Å²) >= 11 is 5.92. The normalized spacial score (nSPS) is 19.6. The number of hydrogen-bond donors (Lipinski definition) is 0. The Kier molecular flexibility index (Phi) is 3.67. The average Bonchev–Trinajstić information content (AvgIpc) is 2.36. The van der Waals surface area contributed by atoms with E-state index in [0.29, 0.717) is 11.8 Å². The zero-order chi connectivity index (χ0) is 13.3. The predicted molar refractivity (Wildman–Crippen MR) is 76.2 cm³/mol. The van der Waals surface area contributed by atoms with Crippen molar-refractivity contribution >= 4 is 23.2 Å². The van der Waals surface area contributed by atoms with Gasteiger partial charge in [-0.3, -0.25) is 4.79 Å². The van der Waals surface area contributed by atoms with Crippen molar-refractivity contribution in [2.75, 3.05) is 17.3 Å². The number of alkyl halides is 1. The van der Waals surface area contributed by atoms with Crippen LogP contribution in [0.2, 0.25) is 0 Å². The van der Waals surface area contributed by atoms with Crippen LogP contribution in [0.25, 0.3) is 0 Å². The van der Waals surface area contributed by atoms with E-state index in [-0.39, 0.29) is 5.91 Å². The minimum atomic E-state index is -0.508. The van der Waals surface area contributed by atoms with E-state index in [0.717, 1.165) is 18.7 Å². The van der Waals surface area contributed by atoms with Crippen molar-refractivity contribution in [3.8, 4) is 0 Å². The average molecular weight is 266 g/mol. The summed E-state index contributed by atoms with van der Waals surface area (Å²) in [6, 6.07) is 8.16. The van der Waals surface area contributed by atoms with Crippen molar-refractivity contribution in [2.24, 2.45) is 11.3 Å². The molecule has 0 bridgehead atoms. The molecule has 1 aromatic carbocycles. The number of carbonyl (C=O) groups is 1. The molecule has 1 aliphatic rings. The van der Waals surface area contributed by atoms with Gasteiger partial charge in [-0.25, -0.2) is 0 Å². The van der Waals surface area contributed by atoms with Gasteiger partial charge in [-0.1, -0.05) is 25.1 Å². The molecule has 0 N–H and O–H groups in total. The highest BCUT2D eigenvalue weighted by Crippen LogP contribution is 2.33. The van der Waals surface area contributed by atoms with Gasteiger partial charge in [-0.15, -0.1) is 11.6 Å². The number of rotatable bonds is 2. The fraction of sp³-hybridized carbons (Fsp3) is 0.533. The quantitative estimate of drug-likeness (QED) is 0.750. The van der Waals surface area contributed by atoms with Crippen molar-refractivity contribution in [3.63, 3.8) is 0 Å². The van der Waals surface area contributed by atoms with Gasteiger partial charge in [0.05, 0.1) is 5.41 Å². The molecule has 0 aliphatic carbocycles. The maximum Gasteiger partial charge on any atom is 0.233 e. The van der Waals surface area contributed by atoms with Gasteiger partial charge in [0.15, 0.2) is 0 Å². The van der Waals surface area contributed by atoms with Crippen molar-refractivity contribution in [1.29, 1.82) is 0 Å². The summed E-state index contributed by atoms with van der Waals surface area (Å²) in [5.41, 5.74) is 1.81. The highest BCUT2D eigenvalue weighted by atomic mass is 35.5. The Morgan fingerprint density at radius 2 is 2.11 bits per heavy atom. The van der Waals surface area contributed by atoms with Crippen LogP contribution in [0.3, 0.4) is 0 Å². The van der Waals surface area contributed by atoms with Gasteiger partial charge in [-0.05, 0) is 37.8 Å². The third-order valence-corrected chi connectivity index (χ3v) is 4.17. The van der Waals surface area contributed by atoms with E-state index in [4.69, 9.17) is 11.6 Å². The number of para-hydroxylation sites is 1. The summed E-state index contributed by atoms with van der Waals surface area (Å²) in [6.07, 6.45) is 1.04. The Morgan fingerprint density at radius 3 is 2.78 bits per heavy atom. The van der Waals surface area contributed by atoms with Gasteiger partial charge in [0, 0.05) is 18.1 Å². The maximum atomic E-state index is 12.6. The van der Waals surface area contributed by atoms with Crippen LogP contribution in [-0.4, -0.2) is 18.3 Å². The lowest BCUT2D eigenvalue weighted by molar-refractivity contribution is -0.125. The Hall–Kier alpha value is -1.02. The molecule has 0 fully saturated rings. The lowest BCUT2D eigenvalue weighted by Crippen LogP contribution is -2.46. The topological polar surface area (TPSA) is 20.3 Å². The number of fused-ring (bicyclic) bond motifs is 1. The first-order valence-corrected chi connectivity index (χ1v) is 6.95. The van der Waals surface area contributed by atoms with Crippen LogP contribution in [0, 0.1) is 11.3 Å². The van der Waals surface area contributed by atoms with Crippen LogP contribution in [0.1, 0.15) is 26.3 Å². The lowest BCUT2D eigenvalue weighted by Gasteiger charge is -2.37. The largest absolute Gasteiger partial charge is 0.311 e. The third kappa shape index (κ3) is 2.39. The minimum absolute atomic E-state index is 0.122. The molecule has 98 valence electrons. The number of halogens is 1. The molecule has 1 aliphatic heterocycles. The fourth-order valence-electron chi connectivity index (χ4n) is 2.41. The summed E-state index contributed by atoms with van der Waals surface area (Å²) in [5.74, 6) is 0.963. The number of carbonyl (C=O) groups excluding carboxylic acids is 1. The molecule has 0 aromatic heterocycles. The molecule has 1 aromatic rings. The lowest BCUT2D eigenvalue weighted by atomic mass is 9.89. The standard InChI is InChI=1S/C15H20ClNO/c1-11-8-12-6-4-5-7-13(12)17(9-11)14(18)15(2,3)10-16/h4-7,11H,8-10H2,1-3H3. The Bertz CT molecular complexity index is 456. The van der Waals surface area contributed by atoms with Gasteiger partial charge in [0.2, 0.25) is 5.91 Å². The molecule has 3 heteroatoms. The molecule has 1 unspecified atom stereocenters. The van der Waals surface area contributed by atoms with Gasteiger partial charge in [-0.2, -0.15) is 0 Å². The summed E-state index contributed by atoms with van der Waals surface area (Å²) < 4.78 is 0. The van der Waals surface area contributed by atoms with Crippen LogP contribution >= 0.6 is 11.6 Å². The van der Waals surface area contributed by atoms with Crippen molar-refractivity contribution < 1.29 is 4.79 Å². The summed E-state index contributed by atoms with van der Waals surface area (Å²) in [5, 5.41) is 0. The van der Waals surface area contributed by atoms with Gasteiger partial charge in [0.25, 0.3) is 0 Å². The molecule has 18 heavy (non-hydrogen) atoms. The summed E-state index contributed by atoms with van der Waals surface area (Å²) in [6.45, 7) is 6.79. The molecular weight excluding hydrogens is 246 g/mol. The Labute approximate surface area is 114 Å².